The number of alkyl halides is 3. The monoisotopic (exact) mass is 315 g/mol. The third kappa shape index (κ3) is 2.65. The van der Waals surface area contributed by atoms with Gasteiger partial charge in [-0.2, -0.15) is 13.2 Å². The molecule has 0 aliphatic rings. The lowest BCUT2D eigenvalue weighted by atomic mass is 10.1. The van der Waals surface area contributed by atoms with Crippen molar-refractivity contribution in [2.24, 2.45) is 0 Å². The lowest BCUT2D eigenvalue weighted by Gasteiger charge is -2.16. The molecule has 4 heteroatoms. The minimum Gasteiger partial charge on any atom is -0.305 e. The molecule has 2 aromatic carbocycles. The van der Waals surface area contributed by atoms with E-state index in [0.29, 0.717) is 16.9 Å². The summed E-state index contributed by atoms with van der Waals surface area (Å²) in [6.45, 7) is 3.27. The summed E-state index contributed by atoms with van der Waals surface area (Å²) in [5.74, 6) is 0. The zero-order valence-corrected chi connectivity index (χ0v) is 12.9. The Morgan fingerprint density at radius 2 is 1.26 bits per heavy atom. The number of nitrogens with zero attached hydrogens (tertiary/aromatic N) is 1. The molecule has 0 unspecified atom stereocenters. The summed E-state index contributed by atoms with van der Waals surface area (Å²) in [6.07, 6.45) is -4.42. The van der Waals surface area contributed by atoms with E-state index in [1.54, 1.807) is 37.3 Å². The van der Waals surface area contributed by atoms with E-state index < -0.39 is 11.9 Å². The molecule has 0 aliphatic heterocycles. The van der Waals surface area contributed by atoms with Gasteiger partial charge in [0.1, 0.15) is 5.69 Å². The van der Waals surface area contributed by atoms with E-state index in [4.69, 9.17) is 0 Å². The maximum Gasteiger partial charge on any atom is 0.432 e. The van der Waals surface area contributed by atoms with Gasteiger partial charge in [0.2, 0.25) is 0 Å². The van der Waals surface area contributed by atoms with Gasteiger partial charge in [-0.15, -0.1) is 0 Å². The fourth-order valence-corrected chi connectivity index (χ4v) is 2.92. The molecule has 1 aromatic heterocycles. The highest BCUT2D eigenvalue weighted by Crippen LogP contribution is 2.41. The Balaban J connectivity index is 2.41. The number of halogens is 3. The Bertz CT molecular complexity index is 815. The molecule has 23 heavy (non-hydrogen) atoms. The van der Waals surface area contributed by atoms with Crippen LogP contribution in [-0.2, 0) is 6.18 Å². The van der Waals surface area contributed by atoms with E-state index in [1.165, 1.54) is 11.5 Å². The van der Waals surface area contributed by atoms with E-state index in [9.17, 15) is 13.2 Å². The number of hydrogen-bond acceptors (Lipinski definition) is 0. The molecule has 3 rings (SSSR count). The highest BCUT2D eigenvalue weighted by Gasteiger charge is 2.39. The van der Waals surface area contributed by atoms with Crippen molar-refractivity contribution in [1.29, 1.82) is 0 Å². The molecule has 0 N–H and O–H groups in total. The Labute approximate surface area is 133 Å². The van der Waals surface area contributed by atoms with Crippen molar-refractivity contribution < 1.29 is 13.2 Å². The first-order chi connectivity index (χ1) is 10.9. The van der Waals surface area contributed by atoms with Gasteiger partial charge in [0.25, 0.3) is 0 Å². The van der Waals surface area contributed by atoms with Crippen LogP contribution in [0.3, 0.4) is 0 Å². The van der Waals surface area contributed by atoms with Crippen molar-refractivity contribution in [3.05, 3.63) is 77.5 Å². The Morgan fingerprint density at radius 1 is 0.739 bits per heavy atom. The minimum absolute atomic E-state index is 0.264. The second-order valence-corrected chi connectivity index (χ2v) is 5.48. The molecule has 0 spiro atoms. The Morgan fingerprint density at radius 3 is 1.78 bits per heavy atom. The van der Waals surface area contributed by atoms with Crippen LogP contribution in [-0.4, -0.2) is 4.57 Å². The molecule has 1 heterocycles. The Kier molecular flexibility index (Phi) is 3.76. The van der Waals surface area contributed by atoms with E-state index in [1.807, 2.05) is 30.3 Å². The standard InChI is InChI=1S/C19H16F3N/c1-13-14(2)18(19(20,21)22)23(16-11-7-4-8-12-16)17(13)15-9-5-3-6-10-15/h3-12H,1-2H3. The predicted octanol–water partition coefficient (Wildman–Crippen LogP) is 5.78. The van der Waals surface area contributed by atoms with Crippen molar-refractivity contribution in [1.82, 2.24) is 4.57 Å². The van der Waals surface area contributed by atoms with E-state index in [0.717, 1.165) is 5.56 Å². The summed E-state index contributed by atoms with van der Waals surface area (Å²) in [5, 5.41) is 0. The van der Waals surface area contributed by atoms with Gasteiger partial charge in [0.05, 0.1) is 5.69 Å². The van der Waals surface area contributed by atoms with Gasteiger partial charge < -0.3 is 4.57 Å². The van der Waals surface area contributed by atoms with Crippen LogP contribution in [0.15, 0.2) is 60.7 Å². The van der Waals surface area contributed by atoms with Gasteiger partial charge in [-0.25, -0.2) is 0 Å². The number of hydrogen-bond donors (Lipinski definition) is 0. The maximum absolute atomic E-state index is 13.7. The summed E-state index contributed by atoms with van der Waals surface area (Å²) in [5.41, 5.74) is 2.16. The molecule has 3 aromatic rings. The molecule has 0 fully saturated rings. The highest BCUT2D eigenvalue weighted by molar-refractivity contribution is 5.70. The molecule has 0 atom stereocenters. The number of rotatable bonds is 2. The molecule has 0 saturated carbocycles. The zero-order valence-electron chi connectivity index (χ0n) is 12.9. The van der Waals surface area contributed by atoms with Crippen molar-refractivity contribution in [3.63, 3.8) is 0 Å². The summed E-state index contributed by atoms with van der Waals surface area (Å²) in [6, 6.07) is 17.9. The second kappa shape index (κ2) is 5.61. The Hall–Kier alpha value is -2.49. The van der Waals surface area contributed by atoms with Crippen LogP contribution in [0.5, 0.6) is 0 Å². The molecular weight excluding hydrogens is 299 g/mol. The molecule has 1 nitrogen and oxygen atoms in total. The SMILES string of the molecule is Cc1c(C)c(C(F)(F)F)n(-c2ccccc2)c1-c1ccccc1. The van der Waals surface area contributed by atoms with Crippen LogP contribution in [0, 0.1) is 13.8 Å². The number of para-hydroxylation sites is 1. The van der Waals surface area contributed by atoms with E-state index in [-0.39, 0.29) is 5.56 Å². The number of aromatic nitrogens is 1. The molecule has 0 bridgehead atoms. The lowest BCUT2D eigenvalue weighted by molar-refractivity contribution is -0.142. The molecule has 0 amide bonds. The molecule has 118 valence electrons. The highest BCUT2D eigenvalue weighted by atomic mass is 19.4. The van der Waals surface area contributed by atoms with Crippen molar-refractivity contribution >= 4 is 0 Å². The van der Waals surface area contributed by atoms with Gasteiger partial charge >= 0.3 is 6.18 Å². The summed E-state index contributed by atoms with van der Waals surface area (Å²) in [7, 11) is 0. The molecule has 0 aliphatic carbocycles. The average molecular weight is 315 g/mol. The maximum atomic E-state index is 13.7. The first-order valence-electron chi connectivity index (χ1n) is 7.31. The van der Waals surface area contributed by atoms with Crippen LogP contribution in [0.1, 0.15) is 16.8 Å². The fraction of sp³-hybridized carbons (Fsp3) is 0.158. The summed E-state index contributed by atoms with van der Waals surface area (Å²) < 4.78 is 42.4. The largest absolute Gasteiger partial charge is 0.432 e. The first-order valence-corrected chi connectivity index (χ1v) is 7.31. The van der Waals surface area contributed by atoms with Crippen LogP contribution in [0.2, 0.25) is 0 Å². The quantitative estimate of drug-likeness (QED) is 0.565. The van der Waals surface area contributed by atoms with Gasteiger partial charge in [0, 0.05) is 5.69 Å². The van der Waals surface area contributed by atoms with Crippen LogP contribution >= 0.6 is 0 Å². The normalized spacial score (nSPS) is 11.7. The van der Waals surface area contributed by atoms with Gasteiger partial charge in [-0.05, 0) is 42.7 Å². The second-order valence-electron chi connectivity index (χ2n) is 5.48. The van der Waals surface area contributed by atoms with Gasteiger partial charge in [-0.3, -0.25) is 0 Å². The summed E-state index contributed by atoms with van der Waals surface area (Å²) >= 11 is 0. The molecular formula is C19H16F3N. The zero-order chi connectivity index (χ0) is 16.6. The average Bonchev–Trinajstić information content (AvgIpc) is 2.81. The third-order valence-corrected chi connectivity index (χ3v) is 4.05. The molecule has 0 saturated heterocycles. The van der Waals surface area contributed by atoms with E-state index in [2.05, 4.69) is 0 Å². The molecule has 0 radical (unpaired) electrons. The fourth-order valence-electron chi connectivity index (χ4n) is 2.92. The van der Waals surface area contributed by atoms with Crippen molar-refractivity contribution in [2.75, 3.05) is 0 Å². The van der Waals surface area contributed by atoms with Crippen molar-refractivity contribution in [3.8, 4) is 16.9 Å². The first kappa shape index (κ1) is 15.4. The van der Waals surface area contributed by atoms with Crippen LogP contribution < -0.4 is 0 Å². The van der Waals surface area contributed by atoms with Crippen LogP contribution in [0.4, 0.5) is 13.2 Å². The lowest BCUT2D eigenvalue weighted by Crippen LogP contribution is -2.14. The van der Waals surface area contributed by atoms with Gasteiger partial charge in [0.15, 0.2) is 0 Å². The topological polar surface area (TPSA) is 4.93 Å². The van der Waals surface area contributed by atoms with E-state index >= 15 is 0 Å². The number of benzene rings is 2. The predicted molar refractivity (Wildman–Crippen MR) is 85.7 cm³/mol. The van der Waals surface area contributed by atoms with Crippen LogP contribution in [0.25, 0.3) is 16.9 Å². The third-order valence-electron chi connectivity index (χ3n) is 4.05. The van der Waals surface area contributed by atoms with Gasteiger partial charge in [-0.1, -0.05) is 48.5 Å². The van der Waals surface area contributed by atoms with Crippen molar-refractivity contribution in [2.45, 2.75) is 20.0 Å². The minimum atomic E-state index is -4.42. The smallest absolute Gasteiger partial charge is 0.305 e. The summed E-state index contributed by atoms with van der Waals surface area (Å²) in [4.78, 5) is 0.